The summed E-state index contributed by atoms with van der Waals surface area (Å²) in [5, 5.41) is 8.87. The average molecular weight is 158 g/mol. The van der Waals surface area contributed by atoms with Crippen molar-refractivity contribution in [3.05, 3.63) is 0 Å². The molecule has 0 aromatic rings. The lowest BCUT2D eigenvalue weighted by Crippen LogP contribution is -2.16. The molecule has 1 aliphatic rings. The quantitative estimate of drug-likeness (QED) is 0.618. The van der Waals surface area contributed by atoms with E-state index in [4.69, 9.17) is 9.84 Å². The van der Waals surface area contributed by atoms with Gasteiger partial charge in [0.2, 0.25) is 0 Å². The molecular formula is C9H18O2. The van der Waals surface area contributed by atoms with Crippen LogP contribution in [0, 0.1) is 0 Å². The molecule has 0 aromatic carbocycles. The molecule has 0 unspecified atom stereocenters. The number of ether oxygens (including phenoxy) is 1. The predicted octanol–water partition coefficient (Wildman–Crippen LogP) is 1.72. The minimum Gasteiger partial charge on any atom is -0.394 e. The van der Waals surface area contributed by atoms with Crippen molar-refractivity contribution in [1.29, 1.82) is 0 Å². The Morgan fingerprint density at radius 2 is 1.82 bits per heavy atom. The van der Waals surface area contributed by atoms with Gasteiger partial charge in [0.15, 0.2) is 0 Å². The molecule has 1 heterocycles. The van der Waals surface area contributed by atoms with E-state index in [9.17, 15) is 0 Å². The number of hydrogen-bond donors (Lipinski definition) is 1. The fourth-order valence-electron chi connectivity index (χ4n) is 1.86. The molecule has 11 heavy (non-hydrogen) atoms. The molecule has 66 valence electrons. The third kappa shape index (κ3) is 1.74. The van der Waals surface area contributed by atoms with Crippen molar-refractivity contribution in [2.75, 3.05) is 6.61 Å². The molecule has 0 amide bonds. The second-order valence-electron chi connectivity index (χ2n) is 3.35. The number of epoxide rings is 1. The van der Waals surface area contributed by atoms with E-state index in [1.54, 1.807) is 0 Å². The molecule has 0 aromatic heterocycles. The zero-order valence-electron chi connectivity index (χ0n) is 7.47. The van der Waals surface area contributed by atoms with Crippen LogP contribution in [0.1, 0.15) is 39.5 Å². The minimum atomic E-state index is 0.0677. The van der Waals surface area contributed by atoms with Crippen LogP contribution in [0.25, 0.3) is 0 Å². The monoisotopic (exact) mass is 158 g/mol. The van der Waals surface area contributed by atoms with Gasteiger partial charge in [0.1, 0.15) is 6.10 Å². The standard InChI is InChI=1S/C9H18O2/c1-3-5-9(6-4-2)8(7-10)11-9/h8,10H,3-7H2,1-2H3/t8-/m0/s1. The predicted molar refractivity (Wildman–Crippen MR) is 44.5 cm³/mol. The summed E-state index contributed by atoms with van der Waals surface area (Å²) >= 11 is 0. The lowest BCUT2D eigenvalue weighted by atomic mass is 9.95. The summed E-state index contributed by atoms with van der Waals surface area (Å²) in [4.78, 5) is 0. The van der Waals surface area contributed by atoms with Crippen LogP contribution in [0.5, 0.6) is 0 Å². The highest BCUT2D eigenvalue weighted by atomic mass is 16.6. The number of aliphatic hydroxyl groups is 1. The second-order valence-corrected chi connectivity index (χ2v) is 3.35. The average Bonchev–Trinajstić information content (AvgIpc) is 2.65. The fourth-order valence-corrected chi connectivity index (χ4v) is 1.86. The fraction of sp³-hybridized carbons (Fsp3) is 1.00. The summed E-state index contributed by atoms with van der Waals surface area (Å²) in [6, 6.07) is 0. The Morgan fingerprint density at radius 1 is 1.27 bits per heavy atom. The van der Waals surface area contributed by atoms with Gasteiger partial charge < -0.3 is 9.84 Å². The summed E-state index contributed by atoms with van der Waals surface area (Å²) < 4.78 is 5.48. The number of hydrogen-bond acceptors (Lipinski definition) is 2. The van der Waals surface area contributed by atoms with Crippen LogP contribution in [0.3, 0.4) is 0 Å². The van der Waals surface area contributed by atoms with Gasteiger partial charge in [-0.1, -0.05) is 26.7 Å². The molecule has 1 aliphatic heterocycles. The van der Waals surface area contributed by atoms with Crippen molar-refractivity contribution >= 4 is 0 Å². The van der Waals surface area contributed by atoms with Crippen molar-refractivity contribution in [3.8, 4) is 0 Å². The van der Waals surface area contributed by atoms with E-state index >= 15 is 0 Å². The van der Waals surface area contributed by atoms with E-state index in [1.807, 2.05) is 0 Å². The van der Waals surface area contributed by atoms with Gasteiger partial charge in [0.25, 0.3) is 0 Å². The van der Waals surface area contributed by atoms with E-state index < -0.39 is 0 Å². The van der Waals surface area contributed by atoms with E-state index in [0.29, 0.717) is 0 Å². The Balaban J connectivity index is 2.35. The van der Waals surface area contributed by atoms with Crippen molar-refractivity contribution in [2.24, 2.45) is 0 Å². The maximum atomic E-state index is 8.87. The molecule has 0 spiro atoms. The van der Waals surface area contributed by atoms with Crippen molar-refractivity contribution in [3.63, 3.8) is 0 Å². The van der Waals surface area contributed by atoms with Gasteiger partial charge in [-0.25, -0.2) is 0 Å². The molecule has 0 bridgehead atoms. The van der Waals surface area contributed by atoms with E-state index in [-0.39, 0.29) is 18.3 Å². The van der Waals surface area contributed by atoms with Gasteiger partial charge in [0.05, 0.1) is 12.2 Å². The molecule has 1 atom stereocenters. The Morgan fingerprint density at radius 3 is 2.09 bits per heavy atom. The Labute approximate surface area is 68.6 Å². The smallest absolute Gasteiger partial charge is 0.110 e. The summed E-state index contributed by atoms with van der Waals surface area (Å²) in [7, 11) is 0. The molecule has 0 saturated carbocycles. The largest absolute Gasteiger partial charge is 0.394 e. The molecule has 2 nitrogen and oxygen atoms in total. The third-order valence-electron chi connectivity index (χ3n) is 2.42. The molecule has 2 heteroatoms. The SMILES string of the molecule is CCCC1(CCC)O[C@H]1CO. The van der Waals surface area contributed by atoms with Crippen LogP contribution in [-0.2, 0) is 4.74 Å². The van der Waals surface area contributed by atoms with E-state index in [0.717, 1.165) is 25.7 Å². The normalized spacial score (nSPS) is 27.0. The topological polar surface area (TPSA) is 32.8 Å². The molecule has 0 radical (unpaired) electrons. The molecular weight excluding hydrogens is 140 g/mol. The Hall–Kier alpha value is -0.0800. The molecule has 1 rings (SSSR count). The van der Waals surface area contributed by atoms with Gasteiger partial charge in [-0.05, 0) is 12.8 Å². The van der Waals surface area contributed by atoms with Crippen LogP contribution >= 0.6 is 0 Å². The van der Waals surface area contributed by atoms with Gasteiger partial charge in [-0.2, -0.15) is 0 Å². The van der Waals surface area contributed by atoms with Crippen LogP contribution in [0.15, 0.2) is 0 Å². The van der Waals surface area contributed by atoms with E-state index in [2.05, 4.69) is 13.8 Å². The first-order valence-electron chi connectivity index (χ1n) is 4.57. The van der Waals surface area contributed by atoms with Crippen molar-refractivity contribution in [2.45, 2.75) is 51.2 Å². The first-order valence-corrected chi connectivity index (χ1v) is 4.57. The molecule has 1 fully saturated rings. The number of aliphatic hydroxyl groups excluding tert-OH is 1. The number of rotatable bonds is 5. The first kappa shape index (κ1) is 9.01. The Bertz CT molecular complexity index is 117. The van der Waals surface area contributed by atoms with Crippen molar-refractivity contribution in [1.82, 2.24) is 0 Å². The molecule has 0 aliphatic carbocycles. The van der Waals surface area contributed by atoms with Crippen LogP contribution < -0.4 is 0 Å². The summed E-state index contributed by atoms with van der Waals surface area (Å²) in [6.45, 7) is 4.51. The third-order valence-corrected chi connectivity index (χ3v) is 2.42. The highest BCUT2D eigenvalue weighted by Crippen LogP contribution is 2.44. The maximum Gasteiger partial charge on any atom is 0.110 e. The summed E-state index contributed by atoms with van der Waals surface area (Å²) in [6.07, 6.45) is 4.65. The highest BCUT2D eigenvalue weighted by Gasteiger charge is 2.53. The van der Waals surface area contributed by atoms with Gasteiger partial charge >= 0.3 is 0 Å². The zero-order chi connectivity index (χ0) is 8.32. The molecule has 1 saturated heterocycles. The summed E-state index contributed by atoms with van der Waals surface area (Å²) in [5.41, 5.74) is 0.0677. The van der Waals surface area contributed by atoms with Crippen molar-refractivity contribution < 1.29 is 9.84 Å². The van der Waals surface area contributed by atoms with Crippen LogP contribution in [-0.4, -0.2) is 23.4 Å². The first-order chi connectivity index (χ1) is 5.29. The van der Waals surface area contributed by atoms with Gasteiger partial charge in [-0.15, -0.1) is 0 Å². The van der Waals surface area contributed by atoms with Gasteiger partial charge in [0, 0.05) is 0 Å². The lowest BCUT2D eigenvalue weighted by molar-refractivity contribution is 0.228. The highest BCUT2D eigenvalue weighted by molar-refractivity contribution is 5.01. The Kier molecular flexibility index (Phi) is 2.90. The molecule has 1 N–H and O–H groups in total. The second kappa shape index (κ2) is 3.55. The maximum absolute atomic E-state index is 8.87. The van der Waals surface area contributed by atoms with Gasteiger partial charge in [-0.3, -0.25) is 0 Å². The van der Waals surface area contributed by atoms with E-state index in [1.165, 1.54) is 0 Å². The summed E-state index contributed by atoms with van der Waals surface area (Å²) in [5.74, 6) is 0. The minimum absolute atomic E-state index is 0.0677. The van der Waals surface area contributed by atoms with Crippen LogP contribution in [0.2, 0.25) is 0 Å². The van der Waals surface area contributed by atoms with Crippen LogP contribution in [0.4, 0.5) is 0 Å². The lowest BCUT2D eigenvalue weighted by Gasteiger charge is -2.08. The zero-order valence-corrected chi connectivity index (χ0v) is 7.47.